The Morgan fingerprint density at radius 1 is 0.637 bits per heavy atom. The summed E-state index contributed by atoms with van der Waals surface area (Å²) in [5, 5.41) is 47.6. The molecule has 1 saturated heterocycles. The van der Waals surface area contributed by atoms with E-state index in [0.717, 1.165) is 6.42 Å². The van der Waals surface area contributed by atoms with Crippen molar-refractivity contribution in [1.82, 2.24) is 52.8 Å². The highest BCUT2D eigenvalue weighted by Gasteiger charge is 2.43. The standard InChI is InChI=1S/C57H103N11O12/c1-21-36(10)22-23-44(70)67-30-37(11)29-42(67)50(75)61-39(26-32(2)3)48(73)63-45(46(71)35(8)9)51(76)65-56(15,16)53(78)62-40(27-33(4)5)47(72)60-41(28-34(6)7)49(74)64-57(17,18)54(79)66-55(13,14)52(77)58-25-24-43(69)59-38(12)31-68(19,20)80/h22-23,32-42,45-46,71H,21,24-31H2,1-20H3,(H,58,77)(H,59,69)(H,60,72)(H,61,75)(H,62,78)(H,63,73)(H,64,74)(H,65,76)(H,66,79)/b23-22-/t36-,37+,38+,39+,40+,41+,42-,45-,46+/m1/s1. The number of carbonyl (C=O) groups is 10. The Morgan fingerprint density at radius 2 is 1.11 bits per heavy atom. The number of nitrogens with one attached hydrogen (secondary N) is 9. The molecule has 1 aliphatic heterocycles. The maximum absolute atomic E-state index is 14.2. The molecule has 0 saturated carbocycles. The monoisotopic (exact) mass is 1130 g/mol. The Hall–Kier alpha value is -5.68. The van der Waals surface area contributed by atoms with E-state index >= 15 is 0 Å². The number of likely N-dealkylation sites (tertiary alicyclic amines) is 1. The number of aliphatic hydroxyl groups excluding tert-OH is 1. The molecule has 9 atom stereocenters. The summed E-state index contributed by atoms with van der Waals surface area (Å²) in [7, 11) is 2.92. The Morgan fingerprint density at radius 3 is 1.61 bits per heavy atom. The van der Waals surface area contributed by atoms with E-state index in [1.807, 2.05) is 62.3 Å². The molecule has 1 heterocycles. The van der Waals surface area contributed by atoms with Crippen molar-refractivity contribution in [2.45, 2.75) is 222 Å². The topological polar surface area (TPSA) is 326 Å². The summed E-state index contributed by atoms with van der Waals surface area (Å²) in [6, 6.07) is -6.46. The fourth-order valence-corrected chi connectivity index (χ4v) is 8.90. The Kier molecular flexibility index (Phi) is 28.5. The van der Waals surface area contributed by atoms with Crippen LogP contribution in [0.15, 0.2) is 12.2 Å². The van der Waals surface area contributed by atoms with Gasteiger partial charge in [0.2, 0.25) is 59.1 Å². The summed E-state index contributed by atoms with van der Waals surface area (Å²) in [5.74, 6) is -7.31. The number of hydrogen-bond donors (Lipinski definition) is 10. The van der Waals surface area contributed by atoms with Crippen LogP contribution in [0.1, 0.15) is 163 Å². The highest BCUT2D eigenvalue weighted by Crippen LogP contribution is 2.25. The Balaban J connectivity index is 3.27. The van der Waals surface area contributed by atoms with Crippen LogP contribution in [0.2, 0.25) is 0 Å². The van der Waals surface area contributed by atoms with Crippen LogP contribution in [0.3, 0.4) is 0 Å². The summed E-state index contributed by atoms with van der Waals surface area (Å²) in [6.07, 6.45) is 3.33. The van der Waals surface area contributed by atoms with E-state index in [-0.39, 0.29) is 80.2 Å². The SMILES string of the molecule is CC[C@@H](C)/C=C\C(=O)N1C[C@@H](C)C[C@@H]1C(=O)N[C@@H](CC(C)C)C(=O)N[C@@H](C(=O)NC(C)(C)C(=O)N[C@@H](CC(C)C)C(=O)N[C@@H](CC(C)C)C(=O)NC(C)(C)C(=O)NC(C)(C)C(=O)NCCC(=O)N[C@@H](C)C[N+](C)(C)[O-])[C@@H](O)C(C)C. The van der Waals surface area contributed by atoms with E-state index < -0.39 is 117 Å². The molecule has 0 unspecified atom stereocenters. The lowest BCUT2D eigenvalue weighted by atomic mass is 9.95. The summed E-state index contributed by atoms with van der Waals surface area (Å²) in [5.41, 5.74) is -4.90. The van der Waals surface area contributed by atoms with Crippen LogP contribution in [0.4, 0.5) is 0 Å². The summed E-state index contributed by atoms with van der Waals surface area (Å²) < 4.78 is -0.590. The van der Waals surface area contributed by atoms with Gasteiger partial charge in [-0.2, -0.15) is 0 Å². The zero-order chi connectivity index (χ0) is 62.0. The van der Waals surface area contributed by atoms with Crippen molar-refractivity contribution in [2.24, 2.45) is 35.5 Å². The van der Waals surface area contributed by atoms with Crippen LogP contribution < -0.4 is 47.9 Å². The largest absolute Gasteiger partial charge is 0.633 e. The van der Waals surface area contributed by atoms with Gasteiger partial charge >= 0.3 is 0 Å². The van der Waals surface area contributed by atoms with Crippen LogP contribution in [0, 0.1) is 40.7 Å². The zero-order valence-electron chi connectivity index (χ0n) is 51.9. The van der Waals surface area contributed by atoms with E-state index in [1.54, 1.807) is 26.8 Å². The number of likely N-dealkylation sites (N-methyl/N-ethyl adjacent to an activating group) is 1. The van der Waals surface area contributed by atoms with Gasteiger partial charge in [-0.25, -0.2) is 0 Å². The lowest BCUT2D eigenvalue weighted by Crippen LogP contribution is -2.66. The van der Waals surface area contributed by atoms with Gasteiger partial charge in [0.1, 0.15) is 46.8 Å². The van der Waals surface area contributed by atoms with Crippen LogP contribution >= 0.6 is 0 Å². The number of amides is 10. The van der Waals surface area contributed by atoms with Crippen molar-refractivity contribution in [3.63, 3.8) is 0 Å². The summed E-state index contributed by atoms with van der Waals surface area (Å²) in [6.45, 7) is 30.9. The second kappa shape index (κ2) is 31.5. The molecule has 0 radical (unpaired) electrons. The van der Waals surface area contributed by atoms with Gasteiger partial charge in [0.15, 0.2) is 0 Å². The molecule has 0 spiro atoms. The minimum absolute atomic E-state index is 0.0205. The maximum atomic E-state index is 14.2. The van der Waals surface area contributed by atoms with Gasteiger partial charge in [-0.15, -0.1) is 0 Å². The van der Waals surface area contributed by atoms with Gasteiger partial charge in [0.05, 0.1) is 32.8 Å². The lowest BCUT2D eigenvalue weighted by Gasteiger charge is -2.36. The van der Waals surface area contributed by atoms with E-state index in [9.17, 15) is 58.3 Å². The van der Waals surface area contributed by atoms with Crippen LogP contribution in [0.5, 0.6) is 0 Å². The number of nitrogens with zero attached hydrogens (tertiary/aromatic N) is 2. The Labute approximate surface area is 476 Å². The van der Waals surface area contributed by atoms with Crippen molar-refractivity contribution in [3.05, 3.63) is 17.4 Å². The molecule has 10 N–H and O–H groups in total. The fraction of sp³-hybridized carbons (Fsp3) is 0.789. The number of hydroxylamine groups is 3. The van der Waals surface area contributed by atoms with Crippen LogP contribution in [-0.4, -0.2) is 166 Å². The normalized spacial score (nSPS) is 17.9. The van der Waals surface area contributed by atoms with Crippen molar-refractivity contribution in [3.8, 4) is 0 Å². The molecule has 0 bridgehead atoms. The molecular formula is C57H103N11O12. The van der Waals surface area contributed by atoms with Crippen molar-refractivity contribution < 1.29 is 57.7 Å². The molecule has 458 valence electrons. The average Bonchev–Trinajstić information content (AvgIpc) is 3.71. The molecular weight excluding hydrogens is 1030 g/mol. The molecule has 23 heteroatoms. The van der Waals surface area contributed by atoms with Crippen LogP contribution in [0.25, 0.3) is 0 Å². The van der Waals surface area contributed by atoms with Gasteiger partial charge in [-0.1, -0.05) is 88.7 Å². The summed E-state index contributed by atoms with van der Waals surface area (Å²) >= 11 is 0. The molecule has 1 rings (SSSR count). The van der Waals surface area contributed by atoms with Gasteiger partial charge in [-0.3, -0.25) is 47.9 Å². The first kappa shape index (κ1) is 72.3. The number of aliphatic hydroxyl groups is 1. The molecule has 0 aromatic heterocycles. The number of allylic oxidation sites excluding steroid dienone is 1. The predicted molar refractivity (Wildman–Crippen MR) is 307 cm³/mol. The Bertz CT molecular complexity index is 2170. The third-order valence-corrected chi connectivity index (χ3v) is 13.7. The van der Waals surface area contributed by atoms with Crippen molar-refractivity contribution in [1.29, 1.82) is 0 Å². The molecule has 1 fully saturated rings. The van der Waals surface area contributed by atoms with Gasteiger partial charge < -0.3 is 67.7 Å². The molecule has 23 nitrogen and oxygen atoms in total. The molecule has 10 amide bonds. The van der Waals surface area contributed by atoms with Gasteiger partial charge in [-0.05, 0) is 116 Å². The van der Waals surface area contributed by atoms with Crippen molar-refractivity contribution in [2.75, 3.05) is 33.7 Å². The molecule has 0 aromatic rings. The minimum atomic E-state index is -1.77. The van der Waals surface area contributed by atoms with E-state index in [2.05, 4.69) is 47.9 Å². The first-order chi connectivity index (χ1) is 36.5. The smallest absolute Gasteiger partial charge is 0.246 e. The number of hydrogen-bond acceptors (Lipinski definition) is 12. The number of quaternary nitrogens is 1. The van der Waals surface area contributed by atoms with Gasteiger partial charge in [0, 0.05) is 19.5 Å². The fourth-order valence-electron chi connectivity index (χ4n) is 8.90. The highest BCUT2D eigenvalue weighted by molar-refractivity contribution is 6.00. The second-order valence-corrected chi connectivity index (χ2v) is 25.9. The third-order valence-electron chi connectivity index (χ3n) is 13.7. The minimum Gasteiger partial charge on any atom is -0.633 e. The molecule has 1 aliphatic rings. The number of rotatable bonds is 32. The second-order valence-electron chi connectivity index (χ2n) is 25.9. The van der Waals surface area contributed by atoms with E-state index in [1.165, 1.54) is 66.6 Å². The van der Waals surface area contributed by atoms with E-state index in [0.29, 0.717) is 13.0 Å². The van der Waals surface area contributed by atoms with E-state index in [4.69, 9.17) is 0 Å². The third kappa shape index (κ3) is 25.0. The molecule has 0 aliphatic carbocycles. The zero-order valence-corrected chi connectivity index (χ0v) is 51.9. The number of carbonyl (C=O) groups excluding carboxylic acids is 10. The summed E-state index contributed by atoms with van der Waals surface area (Å²) in [4.78, 5) is 139. The molecule has 0 aromatic carbocycles. The first-order valence-corrected chi connectivity index (χ1v) is 28.5. The maximum Gasteiger partial charge on any atom is 0.246 e. The molecule has 80 heavy (non-hydrogen) atoms. The average molecular weight is 1130 g/mol. The first-order valence-electron chi connectivity index (χ1n) is 28.5. The van der Waals surface area contributed by atoms with Crippen LogP contribution in [-0.2, 0) is 47.9 Å². The lowest BCUT2D eigenvalue weighted by molar-refractivity contribution is -0.840. The predicted octanol–water partition coefficient (Wildman–Crippen LogP) is 2.19. The quantitative estimate of drug-likeness (QED) is 0.0263. The highest BCUT2D eigenvalue weighted by atomic mass is 16.5. The van der Waals surface area contributed by atoms with Crippen molar-refractivity contribution >= 4 is 59.1 Å². The van der Waals surface area contributed by atoms with Gasteiger partial charge in [0.25, 0.3) is 0 Å².